The van der Waals surface area contributed by atoms with Crippen LogP contribution in [-0.2, 0) is 12.3 Å². The van der Waals surface area contributed by atoms with E-state index in [-0.39, 0.29) is 5.91 Å². The van der Waals surface area contributed by atoms with E-state index in [2.05, 4.69) is 25.5 Å². The fraction of sp³-hybridized carbons (Fsp3) is 0.125. The smallest absolute Gasteiger partial charge is 0.251 e. The molecule has 0 aliphatic heterocycles. The summed E-state index contributed by atoms with van der Waals surface area (Å²) in [6.07, 6.45) is 3.41. The van der Waals surface area contributed by atoms with Crippen molar-refractivity contribution < 1.29 is 4.79 Å². The van der Waals surface area contributed by atoms with Crippen molar-refractivity contribution in [3.8, 4) is 0 Å². The topological polar surface area (TPSA) is 110 Å². The number of thioether (sulfide) groups is 1. The molecule has 24 heavy (non-hydrogen) atoms. The lowest BCUT2D eigenvalue weighted by molar-refractivity contribution is 0.0951. The normalized spacial score (nSPS) is 10.5. The molecule has 4 N–H and O–H groups in total. The van der Waals surface area contributed by atoms with Crippen molar-refractivity contribution in [2.45, 2.75) is 17.5 Å². The van der Waals surface area contributed by atoms with Gasteiger partial charge >= 0.3 is 0 Å². The number of benzene rings is 1. The number of aromatic nitrogens is 4. The Morgan fingerprint density at radius 3 is 2.79 bits per heavy atom. The number of hydrogen-bond donors (Lipinski definition) is 3. The van der Waals surface area contributed by atoms with Crippen LogP contribution in [-0.4, -0.2) is 26.1 Å². The highest BCUT2D eigenvalue weighted by Gasteiger charge is 2.07. The first-order chi connectivity index (χ1) is 11.7. The van der Waals surface area contributed by atoms with Gasteiger partial charge in [0.2, 0.25) is 11.1 Å². The van der Waals surface area contributed by atoms with Crippen LogP contribution < -0.4 is 11.1 Å². The molecule has 1 amide bonds. The molecule has 0 saturated heterocycles. The summed E-state index contributed by atoms with van der Waals surface area (Å²) in [7, 11) is 0. The number of rotatable bonds is 6. The summed E-state index contributed by atoms with van der Waals surface area (Å²) >= 11 is 1.45. The van der Waals surface area contributed by atoms with Crippen LogP contribution in [0, 0.1) is 0 Å². The molecule has 0 bridgehead atoms. The number of amides is 1. The number of nitrogens with zero attached hydrogens (tertiary/aromatic N) is 3. The molecular weight excluding hydrogens is 324 g/mol. The summed E-state index contributed by atoms with van der Waals surface area (Å²) in [6.45, 7) is 0.469. The fourth-order valence-corrected chi connectivity index (χ4v) is 2.81. The SMILES string of the molecule is Nc1nc(SCc2cccc(C(=O)NCc3ccncc3)c2)n[nH]1. The van der Waals surface area contributed by atoms with Crippen LogP contribution >= 0.6 is 11.8 Å². The molecule has 0 aliphatic rings. The molecule has 0 radical (unpaired) electrons. The zero-order valence-electron chi connectivity index (χ0n) is 12.8. The van der Waals surface area contributed by atoms with Crippen LogP contribution in [0.4, 0.5) is 5.95 Å². The molecule has 2 heterocycles. The molecule has 0 atom stereocenters. The minimum Gasteiger partial charge on any atom is -0.368 e. The van der Waals surface area contributed by atoms with Crippen molar-refractivity contribution >= 4 is 23.6 Å². The molecule has 3 aromatic rings. The van der Waals surface area contributed by atoms with E-state index in [1.807, 2.05) is 30.3 Å². The molecule has 0 aliphatic carbocycles. The van der Waals surface area contributed by atoms with Crippen molar-refractivity contribution in [3.05, 3.63) is 65.5 Å². The van der Waals surface area contributed by atoms with Crippen LogP contribution in [0.5, 0.6) is 0 Å². The summed E-state index contributed by atoms with van der Waals surface area (Å²) < 4.78 is 0. The molecule has 0 spiro atoms. The van der Waals surface area contributed by atoms with Gasteiger partial charge in [-0.25, -0.2) is 5.10 Å². The molecule has 122 valence electrons. The van der Waals surface area contributed by atoms with Crippen LogP contribution in [0.25, 0.3) is 0 Å². The maximum Gasteiger partial charge on any atom is 0.251 e. The van der Waals surface area contributed by atoms with Crippen molar-refractivity contribution in [2.24, 2.45) is 0 Å². The van der Waals surface area contributed by atoms with Gasteiger partial charge in [0.05, 0.1) is 0 Å². The van der Waals surface area contributed by atoms with Crippen molar-refractivity contribution in [3.63, 3.8) is 0 Å². The molecule has 3 rings (SSSR count). The number of hydrogen-bond acceptors (Lipinski definition) is 6. The average molecular weight is 340 g/mol. The number of carbonyl (C=O) groups is 1. The van der Waals surface area contributed by atoms with Crippen molar-refractivity contribution in [1.82, 2.24) is 25.5 Å². The Balaban J connectivity index is 1.58. The predicted octanol–water partition coefficient (Wildman–Crippen LogP) is 2.00. The minimum absolute atomic E-state index is 0.110. The molecule has 0 fully saturated rings. The van der Waals surface area contributed by atoms with Gasteiger partial charge in [-0.3, -0.25) is 9.78 Å². The summed E-state index contributed by atoms with van der Waals surface area (Å²) in [4.78, 5) is 20.3. The quantitative estimate of drug-likeness (QED) is 0.592. The summed E-state index contributed by atoms with van der Waals surface area (Å²) in [5, 5.41) is 10.0. The standard InChI is InChI=1S/C16H16N6OS/c17-15-20-16(22-21-15)24-10-12-2-1-3-13(8-12)14(23)19-9-11-4-6-18-7-5-11/h1-8H,9-10H2,(H,19,23)(H3,17,20,21,22). The molecule has 0 saturated carbocycles. The van der Waals surface area contributed by atoms with E-state index in [0.29, 0.717) is 29.0 Å². The Bertz CT molecular complexity index is 820. The van der Waals surface area contributed by atoms with Gasteiger partial charge in [-0.2, -0.15) is 4.98 Å². The summed E-state index contributed by atoms with van der Waals surface area (Å²) in [5.74, 6) is 0.838. The third-order valence-electron chi connectivity index (χ3n) is 3.24. The molecule has 0 unspecified atom stereocenters. The highest BCUT2D eigenvalue weighted by Crippen LogP contribution is 2.20. The second-order valence-corrected chi connectivity index (χ2v) is 5.97. The van der Waals surface area contributed by atoms with Gasteiger partial charge in [-0.15, -0.1) is 5.10 Å². The number of nitrogens with one attached hydrogen (secondary N) is 2. The zero-order chi connectivity index (χ0) is 16.8. The Morgan fingerprint density at radius 2 is 2.04 bits per heavy atom. The molecular formula is C16H16N6OS. The van der Waals surface area contributed by atoms with E-state index >= 15 is 0 Å². The number of aromatic amines is 1. The molecule has 8 heteroatoms. The zero-order valence-corrected chi connectivity index (χ0v) is 13.6. The van der Waals surface area contributed by atoms with Gasteiger partial charge in [0.25, 0.3) is 5.91 Å². The van der Waals surface area contributed by atoms with Gasteiger partial charge in [-0.1, -0.05) is 23.9 Å². The first-order valence-corrected chi connectivity index (χ1v) is 8.26. The molecule has 2 aromatic heterocycles. The lowest BCUT2D eigenvalue weighted by Crippen LogP contribution is -2.22. The van der Waals surface area contributed by atoms with Gasteiger partial charge in [0.15, 0.2) is 0 Å². The van der Waals surface area contributed by atoms with Crippen molar-refractivity contribution in [2.75, 3.05) is 5.73 Å². The third-order valence-corrected chi connectivity index (χ3v) is 4.16. The van der Waals surface area contributed by atoms with E-state index in [0.717, 1.165) is 11.1 Å². The first-order valence-electron chi connectivity index (χ1n) is 7.27. The second kappa shape index (κ2) is 7.60. The minimum atomic E-state index is -0.110. The van der Waals surface area contributed by atoms with Crippen molar-refractivity contribution in [1.29, 1.82) is 0 Å². The van der Waals surface area contributed by atoms with Gasteiger partial charge in [0, 0.05) is 30.3 Å². The highest BCUT2D eigenvalue weighted by atomic mass is 32.2. The Hall–Kier alpha value is -2.87. The monoisotopic (exact) mass is 340 g/mol. The van der Waals surface area contributed by atoms with Crippen LogP contribution in [0.2, 0.25) is 0 Å². The lowest BCUT2D eigenvalue weighted by Gasteiger charge is -2.07. The number of nitrogen functional groups attached to an aromatic ring is 1. The number of H-pyrrole nitrogens is 1. The maximum atomic E-state index is 12.3. The lowest BCUT2D eigenvalue weighted by atomic mass is 10.1. The summed E-state index contributed by atoms with van der Waals surface area (Å²) in [5.41, 5.74) is 8.14. The average Bonchev–Trinajstić information content (AvgIpc) is 3.04. The number of carbonyl (C=O) groups excluding carboxylic acids is 1. The number of nitrogens with two attached hydrogens (primary N) is 1. The Kier molecular flexibility index (Phi) is 5.07. The van der Waals surface area contributed by atoms with E-state index in [1.165, 1.54) is 11.8 Å². The Morgan fingerprint density at radius 1 is 1.21 bits per heavy atom. The van der Waals surface area contributed by atoms with Gasteiger partial charge < -0.3 is 11.1 Å². The number of pyridine rings is 1. The largest absolute Gasteiger partial charge is 0.368 e. The van der Waals surface area contributed by atoms with Gasteiger partial charge in [0.1, 0.15) is 0 Å². The third kappa shape index (κ3) is 4.32. The van der Waals surface area contributed by atoms with Crippen LogP contribution in [0.15, 0.2) is 53.9 Å². The van der Waals surface area contributed by atoms with E-state index in [9.17, 15) is 4.79 Å². The Labute approximate surface area is 143 Å². The summed E-state index contributed by atoms with van der Waals surface area (Å²) in [6, 6.07) is 11.2. The maximum absolute atomic E-state index is 12.3. The fourth-order valence-electron chi connectivity index (χ4n) is 2.06. The molecule has 7 nitrogen and oxygen atoms in total. The predicted molar refractivity (Wildman–Crippen MR) is 92.2 cm³/mol. The van der Waals surface area contributed by atoms with E-state index < -0.39 is 0 Å². The molecule has 1 aromatic carbocycles. The highest BCUT2D eigenvalue weighted by molar-refractivity contribution is 7.98. The first kappa shape index (κ1) is 16.0. The van der Waals surface area contributed by atoms with Crippen LogP contribution in [0.1, 0.15) is 21.5 Å². The van der Waals surface area contributed by atoms with Crippen LogP contribution in [0.3, 0.4) is 0 Å². The second-order valence-electron chi connectivity index (χ2n) is 5.03. The number of anilines is 1. The van der Waals surface area contributed by atoms with Gasteiger partial charge in [-0.05, 0) is 35.4 Å². The van der Waals surface area contributed by atoms with E-state index in [1.54, 1.807) is 18.5 Å². The van der Waals surface area contributed by atoms with E-state index in [4.69, 9.17) is 5.73 Å².